The Balaban J connectivity index is 2.03. The summed E-state index contributed by atoms with van der Waals surface area (Å²) in [5, 5.41) is 4.26. The molecule has 0 saturated heterocycles. The first-order valence-corrected chi connectivity index (χ1v) is 7.16. The van der Waals surface area contributed by atoms with Gasteiger partial charge in [-0.15, -0.1) is 0 Å². The standard InChI is InChI=1S/C15H13BrN4O/c1-9-6-7-10-4-3-5-12(13(10)18-9)19-15-17-8-11(16)14(20-15)21-2/h3-8H,1-2H3,(H,17,19,20). The van der Waals surface area contributed by atoms with E-state index in [1.54, 1.807) is 13.3 Å². The topological polar surface area (TPSA) is 59.9 Å². The summed E-state index contributed by atoms with van der Waals surface area (Å²) in [7, 11) is 1.57. The first kappa shape index (κ1) is 13.8. The highest BCUT2D eigenvalue weighted by Gasteiger charge is 2.08. The summed E-state index contributed by atoms with van der Waals surface area (Å²) in [5.74, 6) is 0.947. The molecular weight excluding hydrogens is 332 g/mol. The molecule has 106 valence electrons. The normalized spacial score (nSPS) is 10.6. The van der Waals surface area contributed by atoms with Gasteiger partial charge in [0, 0.05) is 11.1 Å². The molecule has 21 heavy (non-hydrogen) atoms. The van der Waals surface area contributed by atoms with Crippen molar-refractivity contribution in [2.45, 2.75) is 6.92 Å². The zero-order valence-corrected chi connectivity index (χ0v) is 13.2. The maximum atomic E-state index is 5.18. The third-order valence-corrected chi connectivity index (χ3v) is 3.56. The first-order chi connectivity index (χ1) is 10.2. The molecule has 0 atom stereocenters. The second-order valence-electron chi connectivity index (χ2n) is 4.51. The Labute approximate surface area is 130 Å². The summed E-state index contributed by atoms with van der Waals surface area (Å²) in [6.07, 6.45) is 1.65. The Morgan fingerprint density at radius 1 is 1.14 bits per heavy atom. The van der Waals surface area contributed by atoms with Gasteiger partial charge < -0.3 is 10.1 Å². The van der Waals surface area contributed by atoms with Crippen molar-refractivity contribution >= 4 is 38.5 Å². The van der Waals surface area contributed by atoms with Gasteiger partial charge in [-0.25, -0.2) is 4.98 Å². The van der Waals surface area contributed by atoms with Crippen LogP contribution in [0.25, 0.3) is 10.9 Å². The molecule has 0 saturated carbocycles. The van der Waals surface area contributed by atoms with Crippen molar-refractivity contribution in [2.24, 2.45) is 0 Å². The van der Waals surface area contributed by atoms with Gasteiger partial charge in [-0.3, -0.25) is 4.98 Å². The SMILES string of the molecule is COc1nc(Nc2cccc3ccc(C)nc23)ncc1Br. The second kappa shape index (κ2) is 5.65. The van der Waals surface area contributed by atoms with E-state index in [0.29, 0.717) is 16.3 Å². The van der Waals surface area contributed by atoms with Gasteiger partial charge in [0.2, 0.25) is 11.8 Å². The van der Waals surface area contributed by atoms with Crippen LogP contribution >= 0.6 is 15.9 Å². The average Bonchev–Trinajstić information content (AvgIpc) is 2.50. The summed E-state index contributed by atoms with van der Waals surface area (Å²) in [4.78, 5) is 13.1. The lowest BCUT2D eigenvalue weighted by atomic mass is 10.2. The number of para-hydroxylation sites is 1. The number of ether oxygens (including phenoxy) is 1. The van der Waals surface area contributed by atoms with Crippen LogP contribution in [0.3, 0.4) is 0 Å². The summed E-state index contributed by atoms with van der Waals surface area (Å²) in [6, 6.07) is 9.98. The number of hydrogen-bond acceptors (Lipinski definition) is 5. The molecule has 0 fully saturated rings. The molecule has 0 aliphatic rings. The first-order valence-electron chi connectivity index (χ1n) is 6.37. The van der Waals surface area contributed by atoms with Gasteiger partial charge in [0.05, 0.1) is 29.0 Å². The van der Waals surface area contributed by atoms with E-state index >= 15 is 0 Å². The zero-order valence-electron chi connectivity index (χ0n) is 11.6. The van der Waals surface area contributed by atoms with Crippen LogP contribution < -0.4 is 10.1 Å². The van der Waals surface area contributed by atoms with Crippen molar-refractivity contribution in [1.29, 1.82) is 0 Å². The minimum Gasteiger partial charge on any atom is -0.480 e. The molecule has 6 heteroatoms. The third-order valence-electron chi connectivity index (χ3n) is 3.01. The number of aromatic nitrogens is 3. The highest BCUT2D eigenvalue weighted by Crippen LogP contribution is 2.26. The molecule has 0 aliphatic heterocycles. The molecule has 0 radical (unpaired) electrons. The van der Waals surface area contributed by atoms with Crippen LogP contribution in [0.4, 0.5) is 11.6 Å². The molecular formula is C15H13BrN4O. The summed E-state index contributed by atoms with van der Waals surface area (Å²) < 4.78 is 5.89. The Morgan fingerprint density at radius 2 is 2.00 bits per heavy atom. The van der Waals surface area contributed by atoms with Gasteiger partial charge >= 0.3 is 0 Å². The molecule has 3 aromatic rings. The van der Waals surface area contributed by atoms with Gasteiger partial charge in [0.15, 0.2) is 0 Å². The molecule has 0 spiro atoms. The van der Waals surface area contributed by atoms with Crippen molar-refractivity contribution in [2.75, 3.05) is 12.4 Å². The molecule has 1 N–H and O–H groups in total. The van der Waals surface area contributed by atoms with Crippen LogP contribution in [0.5, 0.6) is 5.88 Å². The van der Waals surface area contributed by atoms with E-state index in [1.165, 1.54) is 0 Å². The Kier molecular flexibility index (Phi) is 3.70. The van der Waals surface area contributed by atoms with Gasteiger partial charge in [0.25, 0.3) is 0 Å². The quantitative estimate of drug-likeness (QED) is 0.781. The molecule has 5 nitrogen and oxygen atoms in total. The Morgan fingerprint density at radius 3 is 2.81 bits per heavy atom. The number of anilines is 2. The molecule has 2 aromatic heterocycles. The lowest BCUT2D eigenvalue weighted by molar-refractivity contribution is 0.394. The van der Waals surface area contributed by atoms with Crippen molar-refractivity contribution < 1.29 is 4.74 Å². The molecule has 2 heterocycles. The smallest absolute Gasteiger partial charge is 0.232 e. The van der Waals surface area contributed by atoms with E-state index in [-0.39, 0.29) is 0 Å². The number of aryl methyl sites for hydroxylation is 1. The average molecular weight is 345 g/mol. The van der Waals surface area contributed by atoms with E-state index in [1.807, 2.05) is 37.3 Å². The zero-order chi connectivity index (χ0) is 14.8. The van der Waals surface area contributed by atoms with Gasteiger partial charge in [-0.05, 0) is 35.0 Å². The molecule has 0 amide bonds. The summed E-state index contributed by atoms with van der Waals surface area (Å²) in [5.41, 5.74) is 2.72. The van der Waals surface area contributed by atoms with Crippen molar-refractivity contribution in [3.8, 4) is 5.88 Å². The van der Waals surface area contributed by atoms with E-state index < -0.39 is 0 Å². The second-order valence-corrected chi connectivity index (χ2v) is 5.36. The summed E-state index contributed by atoms with van der Waals surface area (Å²) in [6.45, 7) is 1.97. The number of halogens is 1. The van der Waals surface area contributed by atoms with Crippen LogP contribution in [0.15, 0.2) is 41.0 Å². The number of benzene rings is 1. The minimum absolute atomic E-state index is 0.464. The molecule has 0 bridgehead atoms. The number of nitrogens with zero attached hydrogens (tertiary/aromatic N) is 3. The van der Waals surface area contributed by atoms with Crippen LogP contribution in [0.1, 0.15) is 5.69 Å². The van der Waals surface area contributed by atoms with E-state index in [9.17, 15) is 0 Å². The number of nitrogens with one attached hydrogen (secondary N) is 1. The number of fused-ring (bicyclic) bond motifs is 1. The highest BCUT2D eigenvalue weighted by atomic mass is 79.9. The lowest BCUT2D eigenvalue weighted by Crippen LogP contribution is -2.00. The van der Waals surface area contributed by atoms with E-state index in [2.05, 4.69) is 36.2 Å². The van der Waals surface area contributed by atoms with E-state index in [4.69, 9.17) is 4.74 Å². The molecule has 3 rings (SSSR count). The Hall–Kier alpha value is -2.21. The van der Waals surface area contributed by atoms with Crippen LogP contribution in [-0.2, 0) is 0 Å². The number of hydrogen-bond donors (Lipinski definition) is 1. The Bertz CT molecular complexity index is 807. The lowest BCUT2D eigenvalue weighted by Gasteiger charge is -2.09. The van der Waals surface area contributed by atoms with E-state index in [0.717, 1.165) is 22.3 Å². The summed E-state index contributed by atoms with van der Waals surface area (Å²) >= 11 is 3.34. The molecule has 0 aliphatic carbocycles. The minimum atomic E-state index is 0.464. The predicted molar refractivity (Wildman–Crippen MR) is 86.0 cm³/mol. The maximum absolute atomic E-state index is 5.18. The van der Waals surface area contributed by atoms with Gasteiger partial charge in [-0.2, -0.15) is 4.98 Å². The fourth-order valence-corrected chi connectivity index (χ4v) is 2.37. The fourth-order valence-electron chi connectivity index (χ4n) is 2.02. The molecule has 1 aromatic carbocycles. The van der Waals surface area contributed by atoms with Gasteiger partial charge in [0.1, 0.15) is 0 Å². The molecule has 0 unspecified atom stereocenters. The number of rotatable bonds is 3. The van der Waals surface area contributed by atoms with Crippen LogP contribution in [0.2, 0.25) is 0 Å². The van der Waals surface area contributed by atoms with Crippen LogP contribution in [-0.4, -0.2) is 22.1 Å². The third kappa shape index (κ3) is 2.80. The van der Waals surface area contributed by atoms with Crippen molar-refractivity contribution in [3.63, 3.8) is 0 Å². The van der Waals surface area contributed by atoms with Crippen molar-refractivity contribution in [3.05, 3.63) is 46.7 Å². The maximum Gasteiger partial charge on any atom is 0.232 e. The predicted octanol–water partition coefficient (Wildman–Crippen LogP) is 3.85. The highest BCUT2D eigenvalue weighted by molar-refractivity contribution is 9.10. The fraction of sp³-hybridized carbons (Fsp3) is 0.133. The largest absolute Gasteiger partial charge is 0.480 e. The van der Waals surface area contributed by atoms with Gasteiger partial charge in [-0.1, -0.05) is 18.2 Å². The monoisotopic (exact) mass is 344 g/mol. The van der Waals surface area contributed by atoms with Crippen LogP contribution in [0, 0.1) is 6.92 Å². The number of methoxy groups -OCH3 is 1. The van der Waals surface area contributed by atoms with Crippen molar-refractivity contribution in [1.82, 2.24) is 15.0 Å². The number of pyridine rings is 1.